The molecule has 0 radical (unpaired) electrons. The van der Waals surface area contributed by atoms with Crippen molar-refractivity contribution in [3.63, 3.8) is 0 Å². The van der Waals surface area contributed by atoms with Gasteiger partial charge in [-0.05, 0) is 59.8 Å². The average molecular weight is 692 g/mol. The van der Waals surface area contributed by atoms with Crippen LogP contribution in [0.4, 0.5) is 9.59 Å². The first-order valence-electron chi connectivity index (χ1n) is 16.3. The number of amides is 3. The van der Waals surface area contributed by atoms with Crippen molar-refractivity contribution in [1.29, 1.82) is 0 Å². The molecule has 0 spiro atoms. The number of hydrogen-bond donors (Lipinski definition) is 4. The summed E-state index contributed by atoms with van der Waals surface area (Å²) in [6.07, 6.45) is -0.0605. The Morgan fingerprint density at radius 3 is 2.06 bits per heavy atom. The number of carbonyl (C=O) groups is 3. The predicted octanol–water partition coefficient (Wildman–Crippen LogP) is 5.52. The van der Waals surface area contributed by atoms with Crippen molar-refractivity contribution in [1.82, 2.24) is 25.5 Å². The zero-order valence-electron chi connectivity index (χ0n) is 28.2. The number of rotatable bonds is 17. The Labute approximate surface area is 290 Å². The lowest BCUT2D eigenvalue weighted by Gasteiger charge is -2.30. The van der Waals surface area contributed by atoms with Crippen LogP contribution in [-0.2, 0) is 40.3 Å². The highest BCUT2D eigenvalue weighted by molar-refractivity contribution is 7.05. The summed E-state index contributed by atoms with van der Waals surface area (Å²) in [5.41, 5.74) is 2.60. The molecule has 0 fully saturated rings. The molecule has 0 saturated carbocycles. The van der Waals surface area contributed by atoms with Crippen LogP contribution in [0.3, 0.4) is 0 Å². The van der Waals surface area contributed by atoms with Crippen molar-refractivity contribution < 1.29 is 33.5 Å². The molecule has 0 aliphatic carbocycles. The van der Waals surface area contributed by atoms with Crippen LogP contribution in [-0.4, -0.2) is 57.0 Å². The number of aromatic nitrogens is 2. The molecule has 4 rings (SSSR count). The Bertz CT molecular complexity index is 1580. The van der Waals surface area contributed by atoms with E-state index in [0.29, 0.717) is 18.6 Å². The number of carbonyl (C=O) groups excluding carboxylic acids is 3. The molecule has 0 unspecified atom stereocenters. The molecule has 4 N–H and O–H groups in total. The standard InChI is InChI=1S/C36H45N5O7S/c1-23(2)30-20-28(48-41-30)21-46-36(45)40-33(24(3)4)34(43)38-27(17-25-11-7-5-8-12-25)19-32(42)31(18-26-13-9-6-10-14-26)39-35(44)47-22-29-15-16-37-49-29/h5-16,20,23-24,27,31-33,42H,17-19,21-22H2,1-4H3,(H,38,43)(H,39,44)(H,40,45)/t27-,31-,32-,33-/m0/s1. The molecule has 0 aliphatic heterocycles. The van der Waals surface area contributed by atoms with Gasteiger partial charge < -0.3 is 35.1 Å². The Morgan fingerprint density at radius 1 is 0.837 bits per heavy atom. The van der Waals surface area contributed by atoms with Gasteiger partial charge in [0.05, 0.1) is 22.7 Å². The quantitative estimate of drug-likeness (QED) is 0.112. The first kappa shape index (κ1) is 37.1. The number of alkyl carbamates (subject to hydrolysis) is 2. The van der Waals surface area contributed by atoms with Gasteiger partial charge in [-0.3, -0.25) is 4.79 Å². The van der Waals surface area contributed by atoms with E-state index in [4.69, 9.17) is 14.0 Å². The van der Waals surface area contributed by atoms with E-state index >= 15 is 0 Å². The van der Waals surface area contributed by atoms with Gasteiger partial charge in [0.2, 0.25) is 5.91 Å². The van der Waals surface area contributed by atoms with Crippen LogP contribution in [0.15, 0.2) is 83.5 Å². The summed E-state index contributed by atoms with van der Waals surface area (Å²) in [7, 11) is 0. The largest absolute Gasteiger partial charge is 0.444 e. The van der Waals surface area contributed by atoms with E-state index in [1.165, 1.54) is 11.5 Å². The van der Waals surface area contributed by atoms with Crippen molar-refractivity contribution in [2.75, 3.05) is 0 Å². The summed E-state index contributed by atoms with van der Waals surface area (Å²) in [4.78, 5) is 40.1. The van der Waals surface area contributed by atoms with Crippen LogP contribution in [0, 0.1) is 5.92 Å². The van der Waals surface area contributed by atoms with E-state index in [1.807, 2.05) is 88.4 Å². The topological polar surface area (TPSA) is 165 Å². The minimum Gasteiger partial charge on any atom is -0.444 e. The van der Waals surface area contributed by atoms with E-state index in [-0.39, 0.29) is 31.5 Å². The average Bonchev–Trinajstić information content (AvgIpc) is 3.79. The lowest BCUT2D eigenvalue weighted by molar-refractivity contribution is -0.125. The number of aliphatic hydroxyl groups is 1. The van der Waals surface area contributed by atoms with Crippen LogP contribution in [0.1, 0.15) is 67.5 Å². The minimum absolute atomic E-state index is 0.0563. The van der Waals surface area contributed by atoms with E-state index in [1.54, 1.807) is 18.3 Å². The highest BCUT2D eigenvalue weighted by Gasteiger charge is 2.30. The van der Waals surface area contributed by atoms with Gasteiger partial charge in [0.15, 0.2) is 12.4 Å². The number of aliphatic hydroxyl groups excluding tert-OH is 1. The van der Waals surface area contributed by atoms with Crippen LogP contribution >= 0.6 is 11.5 Å². The van der Waals surface area contributed by atoms with Gasteiger partial charge in [0, 0.05) is 18.3 Å². The van der Waals surface area contributed by atoms with Gasteiger partial charge in [0.25, 0.3) is 0 Å². The third-order valence-electron chi connectivity index (χ3n) is 7.84. The van der Waals surface area contributed by atoms with Crippen molar-refractivity contribution in [2.45, 2.75) is 90.3 Å². The second kappa shape index (κ2) is 18.7. The molecule has 12 nitrogen and oxygen atoms in total. The Balaban J connectivity index is 1.44. The highest BCUT2D eigenvalue weighted by atomic mass is 32.1. The van der Waals surface area contributed by atoms with E-state index in [2.05, 4.69) is 25.5 Å². The van der Waals surface area contributed by atoms with Crippen LogP contribution in [0.5, 0.6) is 0 Å². The fourth-order valence-electron chi connectivity index (χ4n) is 5.15. The van der Waals surface area contributed by atoms with Gasteiger partial charge in [-0.1, -0.05) is 93.5 Å². The van der Waals surface area contributed by atoms with Crippen LogP contribution in [0.2, 0.25) is 0 Å². The molecule has 0 bridgehead atoms. The zero-order chi connectivity index (χ0) is 35.2. The van der Waals surface area contributed by atoms with E-state index < -0.39 is 42.3 Å². The van der Waals surface area contributed by atoms with Crippen molar-refractivity contribution in [3.8, 4) is 0 Å². The van der Waals surface area contributed by atoms with Gasteiger partial charge >= 0.3 is 12.2 Å². The molecule has 49 heavy (non-hydrogen) atoms. The summed E-state index contributed by atoms with van der Waals surface area (Å²) in [6, 6.07) is 20.3. The van der Waals surface area contributed by atoms with Crippen LogP contribution in [0.25, 0.3) is 0 Å². The summed E-state index contributed by atoms with van der Waals surface area (Å²) in [6.45, 7) is 7.50. The zero-order valence-corrected chi connectivity index (χ0v) is 29.0. The molecule has 4 aromatic rings. The number of nitrogens with zero attached hydrogens (tertiary/aromatic N) is 2. The molecule has 2 heterocycles. The lowest BCUT2D eigenvalue weighted by Crippen LogP contribution is -2.54. The monoisotopic (exact) mass is 691 g/mol. The molecule has 4 atom stereocenters. The Kier molecular flexibility index (Phi) is 14.2. The van der Waals surface area contributed by atoms with Crippen molar-refractivity contribution in [2.24, 2.45) is 5.92 Å². The van der Waals surface area contributed by atoms with Crippen LogP contribution < -0.4 is 16.0 Å². The second-order valence-electron chi connectivity index (χ2n) is 12.5. The maximum absolute atomic E-state index is 13.7. The Hall–Kier alpha value is -4.75. The SMILES string of the molecule is CC(C)c1cc(COC(=O)N[C@H](C(=O)N[C@@H](Cc2ccccc2)C[C@H](O)[C@H](Cc2ccccc2)NC(=O)OCc2ccns2)C(C)C)on1. The number of ether oxygens (including phenoxy) is 2. The summed E-state index contributed by atoms with van der Waals surface area (Å²) in [5.74, 6) is -0.158. The maximum Gasteiger partial charge on any atom is 0.408 e. The Morgan fingerprint density at radius 2 is 1.47 bits per heavy atom. The molecular formula is C36H45N5O7S. The molecule has 2 aromatic heterocycles. The molecule has 13 heteroatoms. The minimum atomic E-state index is -1.07. The number of nitrogens with one attached hydrogen (secondary N) is 3. The maximum atomic E-state index is 13.7. The lowest BCUT2D eigenvalue weighted by atomic mass is 9.93. The van der Waals surface area contributed by atoms with Crippen molar-refractivity contribution in [3.05, 3.63) is 106 Å². The third-order valence-corrected chi connectivity index (χ3v) is 8.55. The van der Waals surface area contributed by atoms with Gasteiger partial charge in [-0.2, -0.15) is 0 Å². The molecule has 3 amide bonds. The van der Waals surface area contributed by atoms with Crippen molar-refractivity contribution >= 4 is 29.6 Å². The van der Waals surface area contributed by atoms with Gasteiger partial charge in [-0.15, -0.1) is 0 Å². The fourth-order valence-corrected chi connectivity index (χ4v) is 5.64. The van der Waals surface area contributed by atoms with Gasteiger partial charge in [0.1, 0.15) is 12.6 Å². The number of benzene rings is 2. The molecule has 262 valence electrons. The smallest absolute Gasteiger partial charge is 0.408 e. The fraction of sp³-hybridized carbons (Fsp3) is 0.417. The normalized spacial score (nSPS) is 13.7. The first-order valence-corrected chi connectivity index (χ1v) is 17.1. The summed E-state index contributed by atoms with van der Waals surface area (Å²) < 4.78 is 20.0. The van der Waals surface area contributed by atoms with Gasteiger partial charge in [-0.25, -0.2) is 14.0 Å². The molecular weight excluding hydrogens is 646 g/mol. The molecule has 0 saturated heterocycles. The summed E-state index contributed by atoms with van der Waals surface area (Å²) in [5, 5.41) is 24.1. The number of hydrogen-bond acceptors (Lipinski definition) is 10. The van der Waals surface area contributed by atoms with E-state index in [9.17, 15) is 19.5 Å². The highest BCUT2D eigenvalue weighted by Crippen LogP contribution is 2.17. The first-order chi connectivity index (χ1) is 23.6. The third kappa shape index (κ3) is 12.3. The van der Waals surface area contributed by atoms with E-state index in [0.717, 1.165) is 21.7 Å². The molecule has 2 aromatic carbocycles. The summed E-state index contributed by atoms with van der Waals surface area (Å²) >= 11 is 1.23. The predicted molar refractivity (Wildman–Crippen MR) is 185 cm³/mol. The second-order valence-corrected chi connectivity index (χ2v) is 13.4. The molecule has 0 aliphatic rings.